The summed E-state index contributed by atoms with van der Waals surface area (Å²) in [5.41, 5.74) is 0. The second kappa shape index (κ2) is 7.17. The summed E-state index contributed by atoms with van der Waals surface area (Å²) in [6, 6.07) is 0. The summed E-state index contributed by atoms with van der Waals surface area (Å²) in [5.74, 6) is 0. The van der Waals surface area contributed by atoms with Gasteiger partial charge in [0.25, 0.3) is 0 Å². The molecule has 1 N–H and O–H groups in total. The van der Waals surface area contributed by atoms with Crippen molar-refractivity contribution >= 4 is 0 Å². The summed E-state index contributed by atoms with van der Waals surface area (Å²) < 4.78 is 15.9. The van der Waals surface area contributed by atoms with Crippen LogP contribution in [-0.4, -0.2) is 50.3 Å². The van der Waals surface area contributed by atoms with Crippen LogP contribution >= 0.6 is 0 Å². The standard InChI is InChI=1S/C10H20O4/c1-2-3-9(10-8-14-10)13-7-6-12-5-4-11/h9-11H,2-8H2,1H3. The molecule has 4 nitrogen and oxygen atoms in total. The maximum absolute atomic E-state index is 8.47. The van der Waals surface area contributed by atoms with E-state index in [0.717, 1.165) is 19.4 Å². The van der Waals surface area contributed by atoms with Crippen LogP contribution in [0.15, 0.2) is 0 Å². The Morgan fingerprint density at radius 2 is 2.21 bits per heavy atom. The highest BCUT2D eigenvalue weighted by Crippen LogP contribution is 2.20. The van der Waals surface area contributed by atoms with Crippen molar-refractivity contribution in [3.05, 3.63) is 0 Å². The summed E-state index contributed by atoms with van der Waals surface area (Å²) in [4.78, 5) is 0. The minimum atomic E-state index is 0.0735. The zero-order valence-electron chi connectivity index (χ0n) is 8.78. The molecular formula is C10H20O4. The highest BCUT2D eigenvalue weighted by molar-refractivity contribution is 4.79. The van der Waals surface area contributed by atoms with Gasteiger partial charge >= 0.3 is 0 Å². The molecule has 0 aromatic rings. The van der Waals surface area contributed by atoms with Gasteiger partial charge in [0.05, 0.1) is 39.1 Å². The largest absolute Gasteiger partial charge is 0.394 e. The SMILES string of the molecule is CCCC(OCCOCCO)C1CO1. The average Bonchev–Trinajstić information content (AvgIpc) is 2.99. The van der Waals surface area contributed by atoms with Crippen molar-refractivity contribution in [3.8, 4) is 0 Å². The first kappa shape index (κ1) is 11.9. The van der Waals surface area contributed by atoms with Crippen molar-refractivity contribution in [1.29, 1.82) is 0 Å². The lowest BCUT2D eigenvalue weighted by Gasteiger charge is -2.14. The van der Waals surface area contributed by atoms with E-state index in [9.17, 15) is 0 Å². The number of aliphatic hydroxyl groups excluding tert-OH is 1. The first-order valence-electron chi connectivity index (χ1n) is 5.30. The molecule has 0 radical (unpaired) electrons. The van der Waals surface area contributed by atoms with Gasteiger partial charge in [-0.1, -0.05) is 13.3 Å². The van der Waals surface area contributed by atoms with Gasteiger partial charge in [0.2, 0.25) is 0 Å². The molecule has 0 bridgehead atoms. The minimum Gasteiger partial charge on any atom is -0.394 e. The topological polar surface area (TPSA) is 51.2 Å². The summed E-state index contributed by atoms with van der Waals surface area (Å²) in [5, 5.41) is 8.47. The Bertz CT molecular complexity index is 136. The van der Waals surface area contributed by atoms with Crippen LogP contribution in [0.5, 0.6) is 0 Å². The van der Waals surface area contributed by atoms with Crippen LogP contribution < -0.4 is 0 Å². The fourth-order valence-corrected chi connectivity index (χ4v) is 1.36. The fourth-order valence-electron chi connectivity index (χ4n) is 1.36. The molecule has 0 aromatic heterocycles. The Morgan fingerprint density at radius 1 is 1.43 bits per heavy atom. The Balaban J connectivity index is 1.96. The van der Waals surface area contributed by atoms with E-state index in [0.29, 0.717) is 25.9 Å². The van der Waals surface area contributed by atoms with E-state index in [-0.39, 0.29) is 12.7 Å². The second-order valence-corrected chi connectivity index (χ2v) is 3.41. The molecule has 84 valence electrons. The zero-order chi connectivity index (χ0) is 10.2. The molecule has 1 heterocycles. The first-order chi connectivity index (χ1) is 6.88. The van der Waals surface area contributed by atoms with Crippen LogP contribution in [0.25, 0.3) is 0 Å². The van der Waals surface area contributed by atoms with E-state index >= 15 is 0 Å². The number of aliphatic hydroxyl groups is 1. The van der Waals surface area contributed by atoms with E-state index in [4.69, 9.17) is 19.3 Å². The molecule has 1 saturated heterocycles. The maximum atomic E-state index is 8.47. The van der Waals surface area contributed by atoms with Gasteiger partial charge in [-0.25, -0.2) is 0 Å². The van der Waals surface area contributed by atoms with Gasteiger partial charge in [0.1, 0.15) is 6.10 Å². The van der Waals surface area contributed by atoms with Gasteiger partial charge in [-0.3, -0.25) is 0 Å². The van der Waals surface area contributed by atoms with Crippen LogP contribution in [0.4, 0.5) is 0 Å². The summed E-state index contributed by atoms with van der Waals surface area (Å²) in [6.45, 7) is 4.58. The second-order valence-electron chi connectivity index (χ2n) is 3.41. The van der Waals surface area contributed by atoms with Crippen molar-refractivity contribution in [2.45, 2.75) is 32.0 Å². The quantitative estimate of drug-likeness (QED) is 0.441. The number of epoxide rings is 1. The number of rotatable bonds is 9. The monoisotopic (exact) mass is 204 g/mol. The van der Waals surface area contributed by atoms with Gasteiger partial charge in [-0.05, 0) is 6.42 Å². The molecular weight excluding hydrogens is 184 g/mol. The molecule has 1 rings (SSSR count). The predicted molar refractivity (Wildman–Crippen MR) is 52.3 cm³/mol. The molecule has 0 spiro atoms. The Kier molecular flexibility index (Phi) is 6.10. The van der Waals surface area contributed by atoms with E-state index in [1.807, 2.05) is 0 Å². The van der Waals surface area contributed by atoms with Gasteiger partial charge in [-0.15, -0.1) is 0 Å². The predicted octanol–water partition coefficient (Wildman–Crippen LogP) is 0.579. The molecule has 4 heteroatoms. The fraction of sp³-hybridized carbons (Fsp3) is 1.00. The van der Waals surface area contributed by atoms with E-state index in [2.05, 4.69) is 6.92 Å². The Hall–Kier alpha value is -0.160. The Morgan fingerprint density at radius 3 is 2.79 bits per heavy atom. The first-order valence-corrected chi connectivity index (χ1v) is 5.30. The molecule has 1 fully saturated rings. The number of ether oxygens (including phenoxy) is 3. The summed E-state index contributed by atoms with van der Waals surface area (Å²) >= 11 is 0. The van der Waals surface area contributed by atoms with Gasteiger partial charge in [0.15, 0.2) is 0 Å². The molecule has 0 aromatic carbocycles. The lowest BCUT2D eigenvalue weighted by molar-refractivity contribution is -0.0157. The van der Waals surface area contributed by atoms with E-state index < -0.39 is 0 Å². The average molecular weight is 204 g/mol. The van der Waals surface area contributed by atoms with Crippen LogP contribution in [-0.2, 0) is 14.2 Å². The lowest BCUT2D eigenvalue weighted by atomic mass is 10.1. The van der Waals surface area contributed by atoms with Gasteiger partial charge in [-0.2, -0.15) is 0 Å². The van der Waals surface area contributed by atoms with Gasteiger partial charge in [0, 0.05) is 0 Å². The van der Waals surface area contributed by atoms with Crippen molar-refractivity contribution in [2.75, 3.05) is 33.0 Å². The highest BCUT2D eigenvalue weighted by atomic mass is 16.6. The molecule has 0 aliphatic carbocycles. The highest BCUT2D eigenvalue weighted by Gasteiger charge is 2.32. The van der Waals surface area contributed by atoms with Crippen LogP contribution in [0.1, 0.15) is 19.8 Å². The number of hydrogen-bond acceptors (Lipinski definition) is 4. The smallest absolute Gasteiger partial charge is 0.107 e. The molecule has 1 aliphatic rings. The molecule has 0 amide bonds. The Labute approximate surface area is 85.2 Å². The van der Waals surface area contributed by atoms with Crippen molar-refractivity contribution in [3.63, 3.8) is 0 Å². The normalized spacial score (nSPS) is 22.3. The van der Waals surface area contributed by atoms with Crippen LogP contribution in [0.2, 0.25) is 0 Å². The molecule has 14 heavy (non-hydrogen) atoms. The van der Waals surface area contributed by atoms with E-state index in [1.165, 1.54) is 0 Å². The molecule has 2 atom stereocenters. The van der Waals surface area contributed by atoms with Crippen molar-refractivity contribution < 1.29 is 19.3 Å². The molecule has 2 unspecified atom stereocenters. The third-order valence-corrected chi connectivity index (χ3v) is 2.14. The maximum Gasteiger partial charge on any atom is 0.107 e. The molecule has 1 aliphatic heterocycles. The van der Waals surface area contributed by atoms with Gasteiger partial charge < -0.3 is 19.3 Å². The molecule has 0 saturated carbocycles. The lowest BCUT2D eigenvalue weighted by Crippen LogP contribution is -2.22. The van der Waals surface area contributed by atoms with Crippen LogP contribution in [0, 0.1) is 0 Å². The summed E-state index contributed by atoms with van der Waals surface area (Å²) in [7, 11) is 0. The minimum absolute atomic E-state index is 0.0735. The third kappa shape index (κ3) is 4.91. The van der Waals surface area contributed by atoms with Crippen LogP contribution in [0.3, 0.4) is 0 Å². The zero-order valence-corrected chi connectivity index (χ0v) is 8.78. The van der Waals surface area contributed by atoms with Crippen molar-refractivity contribution in [1.82, 2.24) is 0 Å². The van der Waals surface area contributed by atoms with Crippen molar-refractivity contribution in [2.24, 2.45) is 0 Å². The van der Waals surface area contributed by atoms with E-state index in [1.54, 1.807) is 0 Å². The third-order valence-electron chi connectivity index (χ3n) is 2.14. The summed E-state index contributed by atoms with van der Waals surface area (Å²) in [6.07, 6.45) is 2.71. The number of hydrogen-bond donors (Lipinski definition) is 1.